The van der Waals surface area contributed by atoms with Gasteiger partial charge in [0.2, 0.25) is 0 Å². The van der Waals surface area contributed by atoms with E-state index in [0.717, 1.165) is 51.2 Å². The van der Waals surface area contributed by atoms with Crippen molar-refractivity contribution in [2.45, 2.75) is 20.8 Å². The highest BCUT2D eigenvalue weighted by molar-refractivity contribution is 5.89. The van der Waals surface area contributed by atoms with Crippen molar-refractivity contribution in [3.05, 3.63) is 308 Å². The molecule has 0 saturated heterocycles. The fourth-order valence-electron chi connectivity index (χ4n) is 10.8. The molecule has 3 N–H and O–H groups in total. The Morgan fingerprint density at radius 1 is 0.203 bits per heavy atom. The molecular formula is C75H60N4. The first-order valence-electron chi connectivity index (χ1n) is 27.1. The number of aryl methyl sites for hydroxylation is 3. The van der Waals surface area contributed by atoms with Crippen LogP contribution in [0.2, 0.25) is 0 Å². The second-order valence-corrected chi connectivity index (χ2v) is 20.2. The van der Waals surface area contributed by atoms with E-state index in [2.05, 4.69) is 333 Å². The van der Waals surface area contributed by atoms with Gasteiger partial charge in [0, 0.05) is 67.9 Å². The molecule has 4 heteroatoms. The van der Waals surface area contributed by atoms with E-state index >= 15 is 0 Å². The van der Waals surface area contributed by atoms with Gasteiger partial charge in [-0.05, 0) is 179 Å². The lowest BCUT2D eigenvalue weighted by molar-refractivity contribution is 1.28. The van der Waals surface area contributed by atoms with Crippen LogP contribution < -0.4 is 20.9 Å². The van der Waals surface area contributed by atoms with Crippen molar-refractivity contribution in [3.63, 3.8) is 0 Å². The van der Waals surface area contributed by atoms with Crippen LogP contribution in [0.3, 0.4) is 0 Å². The highest BCUT2D eigenvalue weighted by Gasteiger charge is 2.17. The summed E-state index contributed by atoms with van der Waals surface area (Å²) in [6, 6.07) is 104. The average Bonchev–Trinajstić information content (AvgIpc) is 3.52. The maximum atomic E-state index is 3.79. The highest BCUT2D eigenvalue weighted by Crippen LogP contribution is 2.41. The monoisotopic (exact) mass is 1020 g/mol. The second kappa shape index (κ2) is 22.6. The van der Waals surface area contributed by atoms with E-state index in [1.165, 1.54) is 83.5 Å². The van der Waals surface area contributed by atoms with Crippen molar-refractivity contribution in [2.75, 3.05) is 20.9 Å². The van der Waals surface area contributed by atoms with E-state index in [1.54, 1.807) is 0 Å². The Morgan fingerprint density at radius 2 is 0.430 bits per heavy atom. The lowest BCUT2D eigenvalue weighted by atomic mass is 9.96. The average molecular weight is 1020 g/mol. The van der Waals surface area contributed by atoms with E-state index in [-0.39, 0.29) is 0 Å². The summed E-state index contributed by atoms with van der Waals surface area (Å²) in [6.45, 7) is 6.55. The SMILES string of the molecule is Cc1cccc(Nc2ccc(N(c3ccc(Nc4cccc(C)c4-c4ccc(-c5ccccc5)cc4)cc3)c3ccc(Nc4cccc(C)c4-c4ccc(-c5ccccc5)cc4)cc3)cc2)c1-c1ccc(-c2ccccc2)cc1. The zero-order valence-corrected chi connectivity index (χ0v) is 44.7. The maximum Gasteiger partial charge on any atom is 0.0466 e. The summed E-state index contributed by atoms with van der Waals surface area (Å²) < 4.78 is 0. The minimum Gasteiger partial charge on any atom is -0.355 e. The van der Waals surface area contributed by atoms with Crippen molar-refractivity contribution < 1.29 is 0 Å². The smallest absolute Gasteiger partial charge is 0.0466 e. The quantitative estimate of drug-likeness (QED) is 0.0957. The molecule has 0 atom stereocenters. The second-order valence-electron chi connectivity index (χ2n) is 20.2. The van der Waals surface area contributed by atoms with E-state index in [1.807, 2.05) is 0 Å². The summed E-state index contributed by atoms with van der Waals surface area (Å²) in [5.74, 6) is 0. The molecule has 79 heavy (non-hydrogen) atoms. The fraction of sp³-hybridized carbons (Fsp3) is 0.0400. The predicted molar refractivity (Wildman–Crippen MR) is 337 cm³/mol. The summed E-state index contributed by atoms with van der Waals surface area (Å²) in [7, 11) is 0. The molecule has 12 aromatic carbocycles. The molecule has 380 valence electrons. The number of anilines is 9. The van der Waals surface area contributed by atoms with Gasteiger partial charge in [-0.3, -0.25) is 0 Å². The predicted octanol–water partition coefficient (Wildman–Crippen LogP) is 21.3. The minimum absolute atomic E-state index is 1.00. The molecule has 0 unspecified atom stereocenters. The highest BCUT2D eigenvalue weighted by atomic mass is 15.1. The van der Waals surface area contributed by atoms with Gasteiger partial charge in [0.15, 0.2) is 0 Å². The molecule has 0 aliphatic heterocycles. The van der Waals surface area contributed by atoms with Crippen LogP contribution in [0.25, 0.3) is 66.8 Å². The molecule has 0 radical (unpaired) electrons. The molecule has 0 fully saturated rings. The lowest BCUT2D eigenvalue weighted by Gasteiger charge is -2.26. The Bertz CT molecular complexity index is 3560. The molecule has 0 bridgehead atoms. The minimum atomic E-state index is 1.00. The van der Waals surface area contributed by atoms with Crippen molar-refractivity contribution in [1.82, 2.24) is 0 Å². The largest absolute Gasteiger partial charge is 0.355 e. The summed E-state index contributed by atoms with van der Waals surface area (Å²) >= 11 is 0. The Morgan fingerprint density at radius 3 is 0.684 bits per heavy atom. The molecule has 12 rings (SSSR count). The van der Waals surface area contributed by atoms with E-state index < -0.39 is 0 Å². The van der Waals surface area contributed by atoms with Gasteiger partial charge in [0.1, 0.15) is 0 Å². The van der Waals surface area contributed by atoms with Crippen LogP contribution in [0.4, 0.5) is 51.2 Å². The van der Waals surface area contributed by atoms with Gasteiger partial charge in [0.25, 0.3) is 0 Å². The number of benzene rings is 12. The third kappa shape index (κ3) is 11.0. The van der Waals surface area contributed by atoms with E-state index in [4.69, 9.17) is 0 Å². The molecular weight excluding hydrogens is 957 g/mol. The van der Waals surface area contributed by atoms with Crippen molar-refractivity contribution >= 4 is 51.2 Å². The number of nitrogens with zero attached hydrogens (tertiary/aromatic N) is 1. The molecule has 0 aliphatic carbocycles. The molecule has 0 amide bonds. The zero-order valence-electron chi connectivity index (χ0n) is 44.7. The number of rotatable bonds is 15. The lowest BCUT2D eigenvalue weighted by Crippen LogP contribution is -2.10. The van der Waals surface area contributed by atoms with Gasteiger partial charge in [-0.15, -0.1) is 0 Å². The molecule has 12 aromatic rings. The Balaban J connectivity index is 0.841. The first kappa shape index (κ1) is 49.7. The van der Waals surface area contributed by atoms with Crippen LogP contribution in [0, 0.1) is 20.8 Å². The molecule has 0 heterocycles. The summed E-state index contributed by atoms with van der Waals surface area (Å²) in [4.78, 5) is 2.32. The molecule has 0 spiro atoms. The summed E-state index contributed by atoms with van der Waals surface area (Å²) in [5, 5.41) is 11.4. The fourth-order valence-corrected chi connectivity index (χ4v) is 10.8. The topological polar surface area (TPSA) is 39.3 Å². The molecule has 0 aliphatic rings. The van der Waals surface area contributed by atoms with Gasteiger partial charge in [-0.2, -0.15) is 0 Å². The van der Waals surface area contributed by atoms with Crippen molar-refractivity contribution in [2.24, 2.45) is 0 Å². The zero-order chi connectivity index (χ0) is 53.5. The standard InChI is InChI=1S/C75H60N4/c1-52-16-13-25-70(73(52)61-34-28-58(29-35-61)55-19-7-4-8-20-55)76-64-40-46-67(47-41-64)79(68-48-42-65(43-49-68)77-71-26-14-17-53(2)74(71)62-36-30-59(31-37-62)56-21-9-5-10-22-56)69-50-44-66(45-51-69)78-72-27-15-18-54(3)75(72)63-38-32-60(33-39-63)57-23-11-6-12-24-57/h4-51,76-78H,1-3H3. The first-order valence-corrected chi connectivity index (χ1v) is 27.1. The van der Waals surface area contributed by atoms with Crippen LogP contribution in [-0.4, -0.2) is 0 Å². The van der Waals surface area contributed by atoms with Crippen LogP contribution in [0.5, 0.6) is 0 Å². The van der Waals surface area contributed by atoms with Gasteiger partial charge in [-0.1, -0.05) is 200 Å². The van der Waals surface area contributed by atoms with Crippen LogP contribution >= 0.6 is 0 Å². The third-order valence-corrected chi connectivity index (χ3v) is 14.9. The number of hydrogen-bond acceptors (Lipinski definition) is 4. The first-order chi connectivity index (χ1) is 38.9. The van der Waals surface area contributed by atoms with Crippen molar-refractivity contribution in [3.8, 4) is 66.8 Å². The third-order valence-electron chi connectivity index (χ3n) is 14.9. The van der Waals surface area contributed by atoms with Gasteiger partial charge in [-0.25, -0.2) is 0 Å². The summed E-state index contributed by atoms with van der Waals surface area (Å²) in [5.41, 5.74) is 27.2. The van der Waals surface area contributed by atoms with Crippen LogP contribution in [0.1, 0.15) is 16.7 Å². The molecule has 0 aromatic heterocycles. The Kier molecular flexibility index (Phi) is 14.2. The summed E-state index contributed by atoms with van der Waals surface area (Å²) in [6.07, 6.45) is 0. The molecule has 4 nitrogen and oxygen atoms in total. The van der Waals surface area contributed by atoms with Crippen LogP contribution in [-0.2, 0) is 0 Å². The van der Waals surface area contributed by atoms with E-state index in [9.17, 15) is 0 Å². The number of nitrogens with one attached hydrogen (secondary N) is 3. The number of hydrogen-bond donors (Lipinski definition) is 3. The maximum absolute atomic E-state index is 3.79. The van der Waals surface area contributed by atoms with Crippen LogP contribution in [0.15, 0.2) is 291 Å². The molecule has 0 saturated carbocycles. The Labute approximate surface area is 465 Å². The van der Waals surface area contributed by atoms with E-state index in [0.29, 0.717) is 0 Å². The van der Waals surface area contributed by atoms with Crippen molar-refractivity contribution in [1.29, 1.82) is 0 Å². The van der Waals surface area contributed by atoms with Gasteiger partial charge >= 0.3 is 0 Å². The Hall–Kier alpha value is -10.2. The normalized spacial score (nSPS) is 11.0. The van der Waals surface area contributed by atoms with Gasteiger partial charge < -0.3 is 20.9 Å². The van der Waals surface area contributed by atoms with Gasteiger partial charge in [0.05, 0.1) is 0 Å².